The molecule has 0 unspecified atom stereocenters. The Bertz CT molecular complexity index is 614. The lowest BCUT2D eigenvalue weighted by atomic mass is 10.2. The van der Waals surface area contributed by atoms with Crippen molar-refractivity contribution >= 4 is 28.4 Å². The number of aromatic nitrogens is 1. The third-order valence-electron chi connectivity index (χ3n) is 3.63. The first-order valence-corrected chi connectivity index (χ1v) is 7.84. The Labute approximate surface area is 123 Å². The maximum atomic E-state index is 11.2. The van der Waals surface area contributed by atoms with E-state index in [0.29, 0.717) is 5.92 Å². The Hall–Kier alpha value is -1.68. The van der Waals surface area contributed by atoms with Gasteiger partial charge in [-0.3, -0.25) is 4.79 Å². The SMILES string of the molecule is CCN(c1ccc(C)cc1)c1nc(C2CC2)c(C=O)s1. The van der Waals surface area contributed by atoms with Gasteiger partial charge in [0.05, 0.1) is 10.6 Å². The van der Waals surface area contributed by atoms with Gasteiger partial charge in [0.15, 0.2) is 11.4 Å². The average Bonchev–Trinajstić information content (AvgIpc) is 3.22. The third-order valence-corrected chi connectivity index (χ3v) is 4.65. The Kier molecular flexibility index (Phi) is 3.57. The summed E-state index contributed by atoms with van der Waals surface area (Å²) in [5.41, 5.74) is 3.38. The molecule has 0 N–H and O–H groups in total. The van der Waals surface area contributed by atoms with Crippen LogP contribution in [-0.2, 0) is 0 Å². The molecule has 20 heavy (non-hydrogen) atoms. The lowest BCUT2D eigenvalue weighted by Gasteiger charge is -2.20. The summed E-state index contributed by atoms with van der Waals surface area (Å²) >= 11 is 1.51. The average molecular weight is 286 g/mol. The molecule has 0 saturated heterocycles. The van der Waals surface area contributed by atoms with E-state index in [1.807, 2.05) is 0 Å². The molecule has 0 spiro atoms. The summed E-state index contributed by atoms with van der Waals surface area (Å²) in [6.45, 7) is 5.04. The Morgan fingerprint density at radius 1 is 1.35 bits per heavy atom. The number of anilines is 2. The number of thiazole rings is 1. The number of carbonyl (C=O) groups excluding carboxylic acids is 1. The van der Waals surface area contributed by atoms with E-state index < -0.39 is 0 Å². The zero-order chi connectivity index (χ0) is 14.1. The van der Waals surface area contributed by atoms with Gasteiger partial charge in [-0.1, -0.05) is 29.0 Å². The van der Waals surface area contributed by atoms with E-state index in [4.69, 9.17) is 4.98 Å². The van der Waals surface area contributed by atoms with E-state index in [-0.39, 0.29) is 0 Å². The summed E-state index contributed by atoms with van der Waals surface area (Å²) in [4.78, 5) is 18.9. The van der Waals surface area contributed by atoms with Crippen LogP contribution in [0.1, 0.15) is 46.6 Å². The van der Waals surface area contributed by atoms with Gasteiger partial charge in [-0.2, -0.15) is 0 Å². The molecule has 0 amide bonds. The first-order valence-electron chi connectivity index (χ1n) is 7.03. The first kappa shape index (κ1) is 13.3. The molecule has 1 aliphatic rings. The minimum absolute atomic E-state index is 0.511. The van der Waals surface area contributed by atoms with Gasteiger partial charge in [0.25, 0.3) is 0 Å². The number of carbonyl (C=O) groups is 1. The summed E-state index contributed by atoms with van der Waals surface area (Å²) in [6.07, 6.45) is 3.29. The number of benzene rings is 1. The summed E-state index contributed by atoms with van der Waals surface area (Å²) in [5.74, 6) is 0.511. The lowest BCUT2D eigenvalue weighted by molar-refractivity contribution is 0.112. The van der Waals surface area contributed by atoms with E-state index in [2.05, 4.69) is 43.0 Å². The van der Waals surface area contributed by atoms with Gasteiger partial charge in [-0.15, -0.1) is 0 Å². The van der Waals surface area contributed by atoms with Crippen LogP contribution in [0.25, 0.3) is 0 Å². The Morgan fingerprint density at radius 3 is 2.60 bits per heavy atom. The van der Waals surface area contributed by atoms with E-state index in [0.717, 1.165) is 34.2 Å². The molecular formula is C16H18N2OS. The molecule has 0 bridgehead atoms. The fourth-order valence-electron chi connectivity index (χ4n) is 2.33. The highest BCUT2D eigenvalue weighted by molar-refractivity contribution is 7.17. The largest absolute Gasteiger partial charge is 0.318 e. The zero-order valence-electron chi connectivity index (χ0n) is 11.8. The van der Waals surface area contributed by atoms with Gasteiger partial charge in [0.1, 0.15) is 0 Å². The second-order valence-corrected chi connectivity index (χ2v) is 6.23. The molecule has 0 aliphatic heterocycles. The number of hydrogen-bond acceptors (Lipinski definition) is 4. The minimum atomic E-state index is 0.511. The smallest absolute Gasteiger partial charge is 0.190 e. The molecule has 4 heteroatoms. The van der Waals surface area contributed by atoms with Crippen LogP contribution >= 0.6 is 11.3 Å². The molecule has 1 aromatic heterocycles. The van der Waals surface area contributed by atoms with E-state index >= 15 is 0 Å². The number of rotatable bonds is 5. The van der Waals surface area contributed by atoms with Gasteiger partial charge >= 0.3 is 0 Å². The number of nitrogens with zero attached hydrogens (tertiary/aromatic N) is 2. The van der Waals surface area contributed by atoms with Crippen LogP contribution in [0.4, 0.5) is 10.8 Å². The van der Waals surface area contributed by atoms with Gasteiger partial charge < -0.3 is 4.90 Å². The van der Waals surface area contributed by atoms with E-state index in [9.17, 15) is 4.79 Å². The Balaban J connectivity index is 1.96. The van der Waals surface area contributed by atoms with Crippen molar-refractivity contribution in [1.29, 1.82) is 0 Å². The van der Waals surface area contributed by atoms with Crippen molar-refractivity contribution in [1.82, 2.24) is 4.98 Å². The molecule has 1 aromatic carbocycles. The molecule has 0 atom stereocenters. The van der Waals surface area contributed by atoms with Crippen LogP contribution in [0, 0.1) is 6.92 Å². The topological polar surface area (TPSA) is 33.2 Å². The summed E-state index contributed by atoms with van der Waals surface area (Å²) in [5, 5.41) is 0.931. The molecule has 1 heterocycles. The first-order chi connectivity index (χ1) is 9.72. The highest BCUT2D eigenvalue weighted by atomic mass is 32.1. The molecule has 0 radical (unpaired) electrons. The van der Waals surface area contributed by atoms with E-state index in [1.54, 1.807) is 0 Å². The maximum Gasteiger partial charge on any atom is 0.190 e. The van der Waals surface area contributed by atoms with Crippen molar-refractivity contribution in [2.24, 2.45) is 0 Å². The van der Waals surface area contributed by atoms with Gasteiger partial charge in [-0.05, 0) is 38.8 Å². The van der Waals surface area contributed by atoms with E-state index in [1.165, 1.54) is 29.7 Å². The number of aryl methyl sites for hydroxylation is 1. The molecule has 3 rings (SSSR count). The molecule has 3 nitrogen and oxygen atoms in total. The lowest BCUT2D eigenvalue weighted by Crippen LogP contribution is -2.15. The molecule has 1 fully saturated rings. The normalized spacial score (nSPS) is 14.3. The van der Waals surface area contributed by atoms with Crippen molar-refractivity contribution < 1.29 is 4.79 Å². The Morgan fingerprint density at radius 2 is 2.05 bits per heavy atom. The summed E-state index contributed by atoms with van der Waals surface area (Å²) in [7, 11) is 0. The summed E-state index contributed by atoms with van der Waals surface area (Å²) < 4.78 is 0. The van der Waals surface area contributed by atoms with Crippen LogP contribution in [0.15, 0.2) is 24.3 Å². The summed E-state index contributed by atoms with van der Waals surface area (Å²) in [6, 6.07) is 8.43. The minimum Gasteiger partial charge on any atom is -0.318 e. The molecular weight excluding hydrogens is 268 g/mol. The third kappa shape index (κ3) is 2.48. The maximum absolute atomic E-state index is 11.2. The quantitative estimate of drug-likeness (QED) is 0.768. The second-order valence-electron chi connectivity index (χ2n) is 5.22. The zero-order valence-corrected chi connectivity index (χ0v) is 12.6. The number of aldehydes is 1. The van der Waals surface area contributed by atoms with Crippen molar-refractivity contribution in [2.75, 3.05) is 11.4 Å². The highest BCUT2D eigenvalue weighted by Gasteiger charge is 2.30. The van der Waals surface area contributed by atoms with Gasteiger partial charge in [0, 0.05) is 18.2 Å². The van der Waals surface area contributed by atoms with Crippen LogP contribution in [0.2, 0.25) is 0 Å². The van der Waals surface area contributed by atoms with Crippen LogP contribution in [-0.4, -0.2) is 17.8 Å². The molecule has 1 saturated carbocycles. The van der Waals surface area contributed by atoms with Crippen LogP contribution in [0.3, 0.4) is 0 Å². The monoisotopic (exact) mass is 286 g/mol. The number of hydrogen-bond donors (Lipinski definition) is 0. The molecule has 104 valence electrons. The van der Waals surface area contributed by atoms with Crippen molar-refractivity contribution in [2.45, 2.75) is 32.6 Å². The fraction of sp³-hybridized carbons (Fsp3) is 0.375. The predicted octanol–water partition coefficient (Wildman–Crippen LogP) is 4.30. The highest BCUT2D eigenvalue weighted by Crippen LogP contribution is 2.44. The fourth-order valence-corrected chi connectivity index (χ4v) is 3.38. The van der Waals surface area contributed by atoms with Crippen LogP contribution in [0.5, 0.6) is 0 Å². The van der Waals surface area contributed by atoms with Crippen LogP contribution < -0.4 is 4.90 Å². The van der Waals surface area contributed by atoms with Crippen molar-refractivity contribution in [3.05, 3.63) is 40.4 Å². The van der Waals surface area contributed by atoms with Gasteiger partial charge in [-0.25, -0.2) is 4.98 Å². The molecule has 1 aliphatic carbocycles. The predicted molar refractivity (Wildman–Crippen MR) is 83.3 cm³/mol. The second kappa shape index (κ2) is 5.37. The standard InChI is InChI=1S/C16H18N2OS/c1-3-18(13-8-4-11(2)5-9-13)16-17-15(12-6-7-12)14(10-19)20-16/h4-5,8-10,12H,3,6-7H2,1-2H3. The molecule has 2 aromatic rings. The van der Waals surface area contributed by atoms with Crippen molar-refractivity contribution in [3.8, 4) is 0 Å². The van der Waals surface area contributed by atoms with Crippen molar-refractivity contribution in [3.63, 3.8) is 0 Å². The van der Waals surface area contributed by atoms with Gasteiger partial charge in [0.2, 0.25) is 0 Å².